The zero-order chi connectivity index (χ0) is 27.6. The molecule has 0 unspecified atom stereocenters. The molecule has 0 aliphatic rings. The van der Waals surface area contributed by atoms with Crippen molar-refractivity contribution in [2.75, 3.05) is 4.90 Å². The fourth-order valence-corrected chi connectivity index (χ4v) is 9.17. The fourth-order valence-electron chi connectivity index (χ4n) is 5.96. The molecule has 0 aliphatic heterocycles. The number of aromatic nitrogens is 1. The van der Waals surface area contributed by atoms with Crippen molar-refractivity contribution in [1.82, 2.24) is 4.98 Å². The van der Waals surface area contributed by atoms with E-state index in [0.717, 1.165) is 27.6 Å². The highest BCUT2D eigenvalue weighted by Crippen LogP contribution is 2.45. The van der Waals surface area contributed by atoms with Crippen LogP contribution in [0.1, 0.15) is 0 Å². The van der Waals surface area contributed by atoms with Gasteiger partial charge >= 0.3 is 0 Å². The van der Waals surface area contributed by atoms with Crippen LogP contribution in [0.3, 0.4) is 0 Å². The predicted molar refractivity (Wildman–Crippen MR) is 186 cm³/mol. The standard InChI is InChI=1S/C37H22N2S3/c1-3-9-23(10-4-1)37-38-36-33(42-37)20-19-32-35(36)28-17-15-26(22-34(28)41-32)39(24-11-5-2-6-12-24)25-16-18-31-29(21-25)27-13-7-8-14-30(27)40-31/h1-22H. The van der Waals surface area contributed by atoms with Crippen LogP contribution < -0.4 is 4.90 Å². The molecule has 6 aromatic carbocycles. The molecule has 0 radical (unpaired) electrons. The molecule has 0 N–H and O–H groups in total. The number of rotatable bonds is 4. The molecule has 0 atom stereocenters. The van der Waals surface area contributed by atoms with E-state index in [9.17, 15) is 0 Å². The first-order valence-corrected chi connectivity index (χ1v) is 16.3. The van der Waals surface area contributed by atoms with Crippen molar-refractivity contribution in [3.8, 4) is 10.6 Å². The van der Waals surface area contributed by atoms with E-state index in [2.05, 4.69) is 138 Å². The molecule has 2 nitrogen and oxygen atoms in total. The van der Waals surface area contributed by atoms with Crippen LogP contribution in [0.25, 0.3) is 61.1 Å². The van der Waals surface area contributed by atoms with Gasteiger partial charge in [0.1, 0.15) is 5.01 Å². The quantitative estimate of drug-likeness (QED) is 0.203. The number of nitrogens with zero attached hydrogens (tertiary/aromatic N) is 2. The molecule has 0 aliphatic carbocycles. The molecule has 3 heterocycles. The molecule has 3 aromatic heterocycles. The smallest absolute Gasteiger partial charge is 0.124 e. The molecule has 0 amide bonds. The number of anilines is 3. The third-order valence-electron chi connectivity index (χ3n) is 7.89. The van der Waals surface area contributed by atoms with Crippen LogP contribution in [-0.4, -0.2) is 4.98 Å². The van der Waals surface area contributed by atoms with Gasteiger partial charge in [0.2, 0.25) is 0 Å². The number of benzene rings is 6. The maximum Gasteiger partial charge on any atom is 0.124 e. The van der Waals surface area contributed by atoms with Crippen LogP contribution in [0.15, 0.2) is 133 Å². The molecule has 0 spiro atoms. The Hall–Kier alpha value is -4.55. The second-order valence-electron chi connectivity index (χ2n) is 10.4. The molecule has 0 fully saturated rings. The molecular weight excluding hydrogens is 569 g/mol. The van der Waals surface area contributed by atoms with Gasteiger partial charge in [-0.25, -0.2) is 4.98 Å². The van der Waals surface area contributed by atoms with Gasteiger partial charge < -0.3 is 4.90 Å². The highest BCUT2D eigenvalue weighted by Gasteiger charge is 2.18. The fraction of sp³-hybridized carbons (Fsp3) is 0. The van der Waals surface area contributed by atoms with E-state index < -0.39 is 0 Å². The zero-order valence-electron chi connectivity index (χ0n) is 22.3. The van der Waals surface area contributed by atoms with Gasteiger partial charge in [-0.05, 0) is 60.7 Å². The molecule has 42 heavy (non-hydrogen) atoms. The lowest BCUT2D eigenvalue weighted by Crippen LogP contribution is -2.09. The Morgan fingerprint density at radius 2 is 1.10 bits per heavy atom. The van der Waals surface area contributed by atoms with Crippen molar-refractivity contribution >= 4 is 102 Å². The molecule has 9 rings (SSSR count). The average Bonchev–Trinajstić information content (AvgIpc) is 3.75. The lowest BCUT2D eigenvalue weighted by Gasteiger charge is -2.25. The Morgan fingerprint density at radius 3 is 1.98 bits per heavy atom. The van der Waals surface area contributed by atoms with Crippen molar-refractivity contribution < 1.29 is 0 Å². The number of thiazole rings is 1. The summed E-state index contributed by atoms with van der Waals surface area (Å²) in [6.07, 6.45) is 0. The second kappa shape index (κ2) is 9.50. The second-order valence-corrected chi connectivity index (χ2v) is 13.6. The van der Waals surface area contributed by atoms with Gasteiger partial charge in [0, 0.05) is 63.0 Å². The number of para-hydroxylation sites is 1. The third-order valence-corrected chi connectivity index (χ3v) is 11.2. The molecule has 5 heteroatoms. The Morgan fingerprint density at radius 1 is 0.429 bits per heavy atom. The first-order chi connectivity index (χ1) is 20.8. The van der Waals surface area contributed by atoms with Crippen LogP contribution in [0, 0.1) is 0 Å². The predicted octanol–water partition coefficient (Wildman–Crippen LogP) is 12.2. The number of hydrogen-bond acceptors (Lipinski definition) is 5. The zero-order valence-corrected chi connectivity index (χ0v) is 24.8. The summed E-state index contributed by atoms with van der Waals surface area (Å²) in [5.41, 5.74) is 5.73. The summed E-state index contributed by atoms with van der Waals surface area (Å²) in [6.45, 7) is 0. The van der Waals surface area contributed by atoms with Gasteiger partial charge in [0.05, 0.1) is 10.2 Å². The number of fused-ring (bicyclic) bond motifs is 8. The summed E-state index contributed by atoms with van der Waals surface area (Å²) >= 11 is 5.47. The summed E-state index contributed by atoms with van der Waals surface area (Å²) in [7, 11) is 0. The maximum atomic E-state index is 5.15. The maximum absolute atomic E-state index is 5.15. The third kappa shape index (κ3) is 3.78. The van der Waals surface area contributed by atoms with E-state index in [1.165, 1.54) is 50.6 Å². The van der Waals surface area contributed by atoms with E-state index >= 15 is 0 Å². The summed E-state index contributed by atoms with van der Waals surface area (Å²) < 4.78 is 6.41. The monoisotopic (exact) mass is 590 g/mol. The number of hydrogen-bond donors (Lipinski definition) is 0. The molecule has 0 saturated heterocycles. The topological polar surface area (TPSA) is 16.1 Å². The van der Waals surface area contributed by atoms with E-state index in [-0.39, 0.29) is 0 Å². The van der Waals surface area contributed by atoms with E-state index in [4.69, 9.17) is 4.98 Å². The van der Waals surface area contributed by atoms with Gasteiger partial charge in [0.25, 0.3) is 0 Å². The number of thiophene rings is 2. The van der Waals surface area contributed by atoms with Gasteiger partial charge in [-0.1, -0.05) is 72.8 Å². The van der Waals surface area contributed by atoms with Crippen LogP contribution in [0.4, 0.5) is 17.1 Å². The van der Waals surface area contributed by atoms with Crippen molar-refractivity contribution in [3.05, 3.63) is 133 Å². The highest BCUT2D eigenvalue weighted by atomic mass is 32.1. The summed E-state index contributed by atoms with van der Waals surface area (Å²) in [5.74, 6) is 0. The molecule has 0 bridgehead atoms. The highest BCUT2D eigenvalue weighted by molar-refractivity contribution is 7.27. The van der Waals surface area contributed by atoms with Gasteiger partial charge in [0.15, 0.2) is 0 Å². The van der Waals surface area contributed by atoms with E-state index in [0.29, 0.717) is 0 Å². The van der Waals surface area contributed by atoms with Gasteiger partial charge in [-0.2, -0.15) is 0 Å². The van der Waals surface area contributed by atoms with Crippen LogP contribution in [-0.2, 0) is 0 Å². The Labute approximate surface area is 254 Å². The van der Waals surface area contributed by atoms with E-state index in [1.807, 2.05) is 22.7 Å². The molecule has 0 saturated carbocycles. The van der Waals surface area contributed by atoms with Crippen LogP contribution in [0.2, 0.25) is 0 Å². The minimum atomic E-state index is 1.07. The Balaban J connectivity index is 1.23. The van der Waals surface area contributed by atoms with Crippen molar-refractivity contribution in [2.45, 2.75) is 0 Å². The van der Waals surface area contributed by atoms with Gasteiger partial charge in [-0.15, -0.1) is 34.0 Å². The molecule has 198 valence electrons. The summed E-state index contributed by atoms with van der Waals surface area (Å²) in [6, 6.07) is 48.1. The first-order valence-electron chi connectivity index (χ1n) is 13.9. The lowest BCUT2D eigenvalue weighted by molar-refractivity contribution is 1.30. The minimum absolute atomic E-state index is 1.07. The van der Waals surface area contributed by atoms with Crippen molar-refractivity contribution in [3.63, 3.8) is 0 Å². The lowest BCUT2D eigenvalue weighted by atomic mass is 10.1. The van der Waals surface area contributed by atoms with Crippen LogP contribution >= 0.6 is 34.0 Å². The normalized spacial score (nSPS) is 11.8. The summed E-state index contributed by atoms with van der Waals surface area (Å²) in [5, 5.41) is 6.21. The van der Waals surface area contributed by atoms with Crippen molar-refractivity contribution in [1.29, 1.82) is 0 Å². The Kier molecular flexibility index (Phi) is 5.45. The first kappa shape index (κ1) is 24.1. The molecule has 9 aromatic rings. The average molecular weight is 591 g/mol. The largest absolute Gasteiger partial charge is 0.310 e. The minimum Gasteiger partial charge on any atom is -0.310 e. The Bertz CT molecular complexity index is 2420. The van der Waals surface area contributed by atoms with Gasteiger partial charge in [-0.3, -0.25) is 0 Å². The SMILES string of the molecule is c1ccc(-c2nc3c(ccc4sc5cc(N(c6ccccc6)c6ccc7sc8ccccc8c7c6)ccc5c43)s2)cc1. The van der Waals surface area contributed by atoms with Crippen molar-refractivity contribution in [2.24, 2.45) is 0 Å². The molecular formula is C37H22N2S3. The summed E-state index contributed by atoms with van der Waals surface area (Å²) in [4.78, 5) is 7.53. The van der Waals surface area contributed by atoms with E-state index in [1.54, 1.807) is 11.3 Å². The van der Waals surface area contributed by atoms with Crippen LogP contribution in [0.5, 0.6) is 0 Å².